The van der Waals surface area contributed by atoms with Crippen molar-refractivity contribution >= 4 is 16.0 Å². The summed E-state index contributed by atoms with van der Waals surface area (Å²) in [6.45, 7) is 5.60. The Morgan fingerprint density at radius 2 is 2.56 bits per heavy atom. The van der Waals surface area contributed by atoms with Gasteiger partial charge in [-0.2, -0.15) is 0 Å². The maximum atomic E-state index is 8.39. The van der Waals surface area contributed by atoms with E-state index in [1.54, 1.807) is 0 Å². The highest BCUT2D eigenvalue weighted by atomic mass is 28.1. The number of hydrogen-bond donors (Lipinski definition) is 1. The summed E-state index contributed by atoms with van der Waals surface area (Å²) in [5.41, 5.74) is 1.18. The molecule has 3 heteroatoms. The normalized spacial score (nSPS) is 15.4. The predicted octanol–water partition coefficient (Wildman–Crippen LogP) is 0.566. The van der Waals surface area contributed by atoms with Gasteiger partial charge in [0, 0.05) is 15.8 Å². The summed E-state index contributed by atoms with van der Waals surface area (Å²) in [6.07, 6.45) is 2.64. The van der Waals surface area contributed by atoms with Gasteiger partial charge < -0.3 is 5.21 Å². The third kappa shape index (κ3) is 2.46. The van der Waals surface area contributed by atoms with E-state index in [4.69, 9.17) is 5.21 Å². The minimum absolute atomic E-state index is 0.333. The summed E-state index contributed by atoms with van der Waals surface area (Å²) in [4.78, 5) is 0. The van der Waals surface area contributed by atoms with Crippen LogP contribution in [0.3, 0.4) is 0 Å². The second kappa shape index (κ2) is 4.32. The van der Waals surface area contributed by atoms with Crippen LogP contribution in [0.1, 0.15) is 13.3 Å². The van der Waals surface area contributed by atoms with Crippen LogP contribution in [0.4, 0.5) is 0 Å². The summed E-state index contributed by atoms with van der Waals surface area (Å²) in [7, 11) is 0.983. The molecule has 0 spiro atoms. The van der Waals surface area contributed by atoms with E-state index in [0.717, 1.165) is 22.4 Å². The van der Waals surface area contributed by atoms with Gasteiger partial charge in [0.25, 0.3) is 0 Å². The molecule has 0 aliphatic carbocycles. The van der Waals surface area contributed by atoms with E-state index in [9.17, 15) is 0 Å². The van der Waals surface area contributed by atoms with E-state index >= 15 is 0 Å². The molecule has 0 aromatic rings. The van der Waals surface area contributed by atoms with Crippen molar-refractivity contribution in [1.29, 1.82) is 0 Å². The largest absolute Gasteiger partial charge is 0.411 e. The van der Waals surface area contributed by atoms with Crippen LogP contribution in [0.25, 0.3) is 0 Å². The SMILES string of the molecule is C=CC([SiH3])C(CC)=NO. The Morgan fingerprint density at radius 3 is 2.67 bits per heavy atom. The van der Waals surface area contributed by atoms with Crippen LogP contribution in [-0.4, -0.2) is 21.2 Å². The van der Waals surface area contributed by atoms with Crippen molar-refractivity contribution in [3.8, 4) is 0 Å². The molecule has 52 valence electrons. The molecular weight excluding hydrogens is 130 g/mol. The molecule has 0 saturated heterocycles. The Labute approximate surface area is 58.7 Å². The average molecular weight is 143 g/mol. The van der Waals surface area contributed by atoms with Crippen molar-refractivity contribution in [2.45, 2.75) is 18.9 Å². The molecule has 9 heavy (non-hydrogen) atoms. The molecular formula is C6H13NOSi. The zero-order valence-corrected chi connectivity index (χ0v) is 7.96. The van der Waals surface area contributed by atoms with Crippen molar-refractivity contribution in [3.05, 3.63) is 12.7 Å². The summed E-state index contributed by atoms with van der Waals surface area (Å²) < 4.78 is 0. The number of oxime groups is 1. The van der Waals surface area contributed by atoms with Crippen LogP contribution < -0.4 is 0 Å². The smallest absolute Gasteiger partial charge is 0.0599 e. The van der Waals surface area contributed by atoms with Gasteiger partial charge in [-0.1, -0.05) is 18.2 Å². The standard InChI is InChI=1S/C6H13NOSi/c1-3-5(7-8)6(9)4-2/h4,6,8H,2-3H2,1,9H3. The van der Waals surface area contributed by atoms with Crippen LogP contribution in [0.2, 0.25) is 5.54 Å². The zero-order valence-electron chi connectivity index (χ0n) is 5.96. The highest BCUT2D eigenvalue weighted by Crippen LogP contribution is 2.05. The van der Waals surface area contributed by atoms with E-state index in [0.29, 0.717) is 5.54 Å². The van der Waals surface area contributed by atoms with Gasteiger partial charge in [-0.05, 0) is 6.42 Å². The van der Waals surface area contributed by atoms with Crippen LogP contribution in [0.15, 0.2) is 17.8 Å². The molecule has 0 saturated carbocycles. The fourth-order valence-electron chi connectivity index (χ4n) is 0.620. The van der Waals surface area contributed by atoms with Crippen molar-refractivity contribution in [2.75, 3.05) is 0 Å². The quantitative estimate of drug-likeness (QED) is 0.202. The molecule has 0 aromatic heterocycles. The molecule has 0 aliphatic rings. The second-order valence-corrected chi connectivity index (χ2v) is 3.21. The summed E-state index contributed by atoms with van der Waals surface area (Å²) in [5, 5.41) is 11.5. The van der Waals surface area contributed by atoms with Gasteiger partial charge in [0.1, 0.15) is 0 Å². The van der Waals surface area contributed by atoms with Crippen LogP contribution in [0.5, 0.6) is 0 Å². The summed E-state index contributed by atoms with van der Waals surface area (Å²) in [5.74, 6) is 0. The minimum atomic E-state index is 0.333. The molecule has 1 unspecified atom stereocenters. The van der Waals surface area contributed by atoms with Crippen molar-refractivity contribution in [2.24, 2.45) is 5.16 Å². The molecule has 0 rings (SSSR count). The van der Waals surface area contributed by atoms with E-state index in [1.165, 1.54) is 0 Å². The van der Waals surface area contributed by atoms with Crippen LogP contribution in [0, 0.1) is 0 Å². The molecule has 0 fully saturated rings. The molecule has 0 bridgehead atoms. The van der Waals surface area contributed by atoms with Crippen molar-refractivity contribution < 1.29 is 5.21 Å². The minimum Gasteiger partial charge on any atom is -0.411 e. The predicted molar refractivity (Wildman–Crippen MR) is 43.4 cm³/mol. The van der Waals surface area contributed by atoms with E-state index < -0.39 is 0 Å². The first-order valence-corrected chi connectivity index (χ1v) is 4.25. The van der Waals surface area contributed by atoms with Gasteiger partial charge in [-0.25, -0.2) is 0 Å². The number of nitrogens with zero attached hydrogens (tertiary/aromatic N) is 1. The van der Waals surface area contributed by atoms with E-state index in [2.05, 4.69) is 11.7 Å². The molecule has 2 nitrogen and oxygen atoms in total. The summed E-state index contributed by atoms with van der Waals surface area (Å²) >= 11 is 0. The fourth-order valence-corrected chi connectivity index (χ4v) is 1.14. The molecule has 0 aromatic carbocycles. The lowest BCUT2D eigenvalue weighted by Crippen LogP contribution is -2.04. The first-order valence-electron chi connectivity index (χ1n) is 3.09. The van der Waals surface area contributed by atoms with Crippen molar-refractivity contribution in [1.82, 2.24) is 0 Å². The Kier molecular flexibility index (Phi) is 4.04. The van der Waals surface area contributed by atoms with Crippen molar-refractivity contribution in [3.63, 3.8) is 0 Å². The molecule has 0 heterocycles. The maximum Gasteiger partial charge on any atom is 0.0599 e. The lowest BCUT2D eigenvalue weighted by molar-refractivity contribution is 0.317. The Bertz CT molecular complexity index is 122. The molecule has 0 amide bonds. The fraction of sp³-hybridized carbons (Fsp3) is 0.500. The maximum absolute atomic E-state index is 8.39. The monoisotopic (exact) mass is 143 g/mol. The molecule has 0 aliphatic heterocycles. The van der Waals surface area contributed by atoms with Gasteiger partial charge in [0.15, 0.2) is 0 Å². The molecule has 1 N–H and O–H groups in total. The Morgan fingerprint density at radius 1 is 2.00 bits per heavy atom. The number of allylic oxidation sites excluding steroid dienone is 1. The van der Waals surface area contributed by atoms with Gasteiger partial charge in [0.05, 0.1) is 5.71 Å². The zero-order chi connectivity index (χ0) is 7.28. The molecule has 0 radical (unpaired) electrons. The van der Waals surface area contributed by atoms with E-state index in [-0.39, 0.29) is 0 Å². The molecule has 1 atom stereocenters. The van der Waals surface area contributed by atoms with E-state index in [1.807, 2.05) is 13.0 Å². The second-order valence-electron chi connectivity index (χ2n) is 1.97. The Hall–Kier alpha value is -0.573. The number of rotatable bonds is 3. The Balaban J connectivity index is 3.95. The third-order valence-corrected chi connectivity index (χ3v) is 2.51. The van der Waals surface area contributed by atoms with Gasteiger partial charge in [0.2, 0.25) is 0 Å². The average Bonchev–Trinajstić information content (AvgIpc) is 1.90. The van der Waals surface area contributed by atoms with Gasteiger partial charge in [-0.15, -0.1) is 6.58 Å². The van der Waals surface area contributed by atoms with Gasteiger partial charge >= 0.3 is 0 Å². The number of hydrogen-bond acceptors (Lipinski definition) is 2. The lowest BCUT2D eigenvalue weighted by Gasteiger charge is -2.03. The van der Waals surface area contributed by atoms with Crippen LogP contribution >= 0.6 is 0 Å². The van der Waals surface area contributed by atoms with Crippen LogP contribution in [-0.2, 0) is 0 Å². The highest BCUT2D eigenvalue weighted by Gasteiger charge is 2.02. The summed E-state index contributed by atoms with van der Waals surface area (Å²) in [6, 6.07) is 0. The van der Waals surface area contributed by atoms with Gasteiger partial charge in [-0.3, -0.25) is 0 Å². The highest BCUT2D eigenvalue weighted by molar-refractivity contribution is 6.26. The topological polar surface area (TPSA) is 32.6 Å². The third-order valence-electron chi connectivity index (χ3n) is 1.37. The first kappa shape index (κ1) is 8.43. The first-order chi connectivity index (χ1) is 4.26. The lowest BCUT2D eigenvalue weighted by atomic mass is 10.2.